The largest absolute Gasteiger partial charge is 0.314 e. The highest BCUT2D eigenvalue weighted by Gasteiger charge is 2.07. The molecule has 3 rings (SSSR count). The summed E-state index contributed by atoms with van der Waals surface area (Å²) in [5.74, 6) is 0. The van der Waals surface area contributed by atoms with Crippen LogP contribution in [0, 0.1) is 0 Å². The average Bonchev–Trinajstić information content (AvgIpc) is 2.97. The Labute approximate surface area is 109 Å². The van der Waals surface area contributed by atoms with Crippen LogP contribution in [-0.4, -0.2) is 21.8 Å². The summed E-state index contributed by atoms with van der Waals surface area (Å²) in [4.78, 5) is 4.63. The second-order valence-corrected chi connectivity index (χ2v) is 5.20. The first-order valence-corrected chi connectivity index (χ1v) is 6.68. The zero-order chi connectivity index (χ0) is 12.4. The van der Waals surface area contributed by atoms with Gasteiger partial charge in [0, 0.05) is 12.7 Å². The summed E-state index contributed by atoms with van der Waals surface area (Å²) in [6, 6.07) is 10.3. The van der Waals surface area contributed by atoms with Gasteiger partial charge in [0.25, 0.3) is 0 Å². The number of para-hydroxylation sites is 1. The zero-order valence-corrected chi connectivity index (χ0v) is 10.9. The van der Waals surface area contributed by atoms with Crippen molar-refractivity contribution in [1.29, 1.82) is 0 Å². The maximum absolute atomic E-state index is 4.63. The van der Waals surface area contributed by atoms with E-state index in [1.54, 1.807) is 11.3 Å². The smallest absolute Gasteiger partial charge is 0.115 e. The second-order valence-electron chi connectivity index (χ2n) is 4.09. The monoisotopic (exact) mass is 258 g/mol. The number of thiazole rings is 1. The van der Waals surface area contributed by atoms with Crippen LogP contribution in [0.15, 0.2) is 36.5 Å². The molecule has 0 saturated heterocycles. The molecular formula is C13H14N4S. The van der Waals surface area contributed by atoms with Gasteiger partial charge in [-0.05, 0) is 25.2 Å². The Hall–Kier alpha value is -1.72. The molecule has 0 aliphatic carbocycles. The fourth-order valence-electron chi connectivity index (χ4n) is 1.95. The fourth-order valence-corrected chi connectivity index (χ4v) is 2.90. The van der Waals surface area contributed by atoms with E-state index in [9.17, 15) is 0 Å². The molecule has 0 aliphatic heterocycles. The third-order valence-electron chi connectivity index (χ3n) is 2.79. The molecular weight excluding hydrogens is 244 g/mol. The van der Waals surface area contributed by atoms with Gasteiger partial charge in [-0.2, -0.15) is 5.10 Å². The van der Waals surface area contributed by atoms with Crippen molar-refractivity contribution in [3.8, 4) is 0 Å². The van der Waals surface area contributed by atoms with Gasteiger partial charge in [0.05, 0.1) is 22.5 Å². The number of nitrogens with zero attached hydrogens (tertiary/aromatic N) is 3. The number of rotatable bonds is 4. The van der Waals surface area contributed by atoms with E-state index in [1.165, 1.54) is 10.4 Å². The summed E-state index contributed by atoms with van der Waals surface area (Å²) >= 11 is 1.73. The summed E-state index contributed by atoms with van der Waals surface area (Å²) in [6.07, 6.45) is 1.83. The lowest BCUT2D eigenvalue weighted by atomic mass is 10.3. The van der Waals surface area contributed by atoms with Crippen LogP contribution in [0.3, 0.4) is 0 Å². The standard InChI is InChI=1S/C13H14N4S/c1-14-8-10-6-7-15-17(10)9-13-16-11-4-2-3-5-12(11)18-13/h2-7,14H,8-9H2,1H3. The predicted octanol–water partition coefficient (Wildman–Crippen LogP) is 2.26. The van der Waals surface area contributed by atoms with Crippen LogP contribution in [0.1, 0.15) is 10.7 Å². The average molecular weight is 258 g/mol. The van der Waals surface area contributed by atoms with Crippen LogP contribution in [0.25, 0.3) is 10.2 Å². The SMILES string of the molecule is CNCc1ccnn1Cc1nc2ccccc2s1. The van der Waals surface area contributed by atoms with Gasteiger partial charge < -0.3 is 5.32 Å². The molecule has 0 bridgehead atoms. The first-order valence-electron chi connectivity index (χ1n) is 5.86. The normalized spacial score (nSPS) is 11.2. The Kier molecular flexibility index (Phi) is 3.08. The Morgan fingerprint density at radius 3 is 3.00 bits per heavy atom. The van der Waals surface area contributed by atoms with E-state index in [0.29, 0.717) is 0 Å². The minimum Gasteiger partial charge on any atom is -0.314 e. The quantitative estimate of drug-likeness (QED) is 0.780. The summed E-state index contributed by atoms with van der Waals surface area (Å²) in [5, 5.41) is 8.58. The van der Waals surface area contributed by atoms with Crippen molar-refractivity contribution in [2.45, 2.75) is 13.1 Å². The van der Waals surface area contributed by atoms with E-state index in [0.717, 1.165) is 23.6 Å². The summed E-state index contributed by atoms with van der Waals surface area (Å²) in [7, 11) is 1.94. The molecule has 4 nitrogen and oxygen atoms in total. The first kappa shape index (κ1) is 11.4. The molecule has 0 atom stereocenters. The van der Waals surface area contributed by atoms with Crippen LogP contribution in [0.4, 0.5) is 0 Å². The molecule has 1 aromatic carbocycles. The van der Waals surface area contributed by atoms with Crippen LogP contribution < -0.4 is 5.32 Å². The Morgan fingerprint density at radius 1 is 1.28 bits per heavy atom. The molecule has 0 amide bonds. The van der Waals surface area contributed by atoms with E-state index in [1.807, 2.05) is 42.2 Å². The van der Waals surface area contributed by atoms with Gasteiger partial charge in [-0.15, -0.1) is 11.3 Å². The van der Waals surface area contributed by atoms with E-state index in [-0.39, 0.29) is 0 Å². The van der Waals surface area contributed by atoms with E-state index < -0.39 is 0 Å². The van der Waals surface area contributed by atoms with Crippen molar-refractivity contribution < 1.29 is 0 Å². The number of nitrogens with one attached hydrogen (secondary N) is 1. The number of aromatic nitrogens is 3. The molecule has 0 fully saturated rings. The topological polar surface area (TPSA) is 42.7 Å². The van der Waals surface area contributed by atoms with Crippen LogP contribution in [0.2, 0.25) is 0 Å². The lowest BCUT2D eigenvalue weighted by molar-refractivity contribution is 0.621. The Morgan fingerprint density at radius 2 is 2.17 bits per heavy atom. The lowest BCUT2D eigenvalue weighted by Gasteiger charge is -2.04. The second kappa shape index (κ2) is 4.88. The minimum absolute atomic E-state index is 0.739. The minimum atomic E-state index is 0.739. The summed E-state index contributed by atoms with van der Waals surface area (Å²) in [5.41, 5.74) is 2.25. The van der Waals surface area contributed by atoms with Gasteiger partial charge in [0.15, 0.2) is 0 Å². The summed E-state index contributed by atoms with van der Waals surface area (Å²) in [6.45, 7) is 1.56. The molecule has 0 unspecified atom stereocenters. The maximum atomic E-state index is 4.63. The third kappa shape index (κ3) is 2.14. The predicted molar refractivity (Wildman–Crippen MR) is 73.7 cm³/mol. The van der Waals surface area contributed by atoms with Crippen molar-refractivity contribution >= 4 is 21.6 Å². The Balaban J connectivity index is 1.89. The highest BCUT2D eigenvalue weighted by Crippen LogP contribution is 2.22. The molecule has 92 valence electrons. The fraction of sp³-hybridized carbons (Fsp3) is 0.231. The third-order valence-corrected chi connectivity index (χ3v) is 3.81. The molecule has 18 heavy (non-hydrogen) atoms. The summed E-state index contributed by atoms with van der Waals surface area (Å²) < 4.78 is 3.23. The molecule has 0 radical (unpaired) electrons. The Bertz CT molecular complexity index is 623. The highest BCUT2D eigenvalue weighted by atomic mass is 32.1. The van der Waals surface area contributed by atoms with Gasteiger partial charge in [-0.3, -0.25) is 4.68 Å². The van der Waals surface area contributed by atoms with Crippen molar-refractivity contribution in [1.82, 2.24) is 20.1 Å². The molecule has 1 N–H and O–H groups in total. The number of hydrogen-bond acceptors (Lipinski definition) is 4. The molecule has 0 spiro atoms. The maximum Gasteiger partial charge on any atom is 0.115 e. The number of hydrogen-bond donors (Lipinski definition) is 1. The van der Waals surface area contributed by atoms with Crippen molar-refractivity contribution in [2.75, 3.05) is 7.05 Å². The van der Waals surface area contributed by atoms with Gasteiger partial charge in [-0.1, -0.05) is 12.1 Å². The molecule has 0 saturated carbocycles. The highest BCUT2D eigenvalue weighted by molar-refractivity contribution is 7.18. The van der Waals surface area contributed by atoms with E-state index >= 15 is 0 Å². The molecule has 5 heteroatoms. The van der Waals surface area contributed by atoms with Gasteiger partial charge in [0.1, 0.15) is 5.01 Å². The molecule has 3 aromatic rings. The molecule has 2 aromatic heterocycles. The first-order chi connectivity index (χ1) is 8.86. The number of fused-ring (bicyclic) bond motifs is 1. The molecule has 2 heterocycles. The van der Waals surface area contributed by atoms with Crippen molar-refractivity contribution in [2.24, 2.45) is 0 Å². The zero-order valence-electron chi connectivity index (χ0n) is 10.1. The van der Waals surface area contributed by atoms with E-state index in [4.69, 9.17) is 0 Å². The van der Waals surface area contributed by atoms with Gasteiger partial charge >= 0.3 is 0 Å². The van der Waals surface area contributed by atoms with Crippen LogP contribution in [0.5, 0.6) is 0 Å². The van der Waals surface area contributed by atoms with Gasteiger partial charge in [0.2, 0.25) is 0 Å². The van der Waals surface area contributed by atoms with Crippen LogP contribution >= 0.6 is 11.3 Å². The van der Waals surface area contributed by atoms with Crippen molar-refractivity contribution in [3.63, 3.8) is 0 Å². The molecule has 0 aliphatic rings. The van der Waals surface area contributed by atoms with Gasteiger partial charge in [-0.25, -0.2) is 4.98 Å². The number of benzene rings is 1. The van der Waals surface area contributed by atoms with Crippen molar-refractivity contribution in [3.05, 3.63) is 47.2 Å². The van der Waals surface area contributed by atoms with Crippen LogP contribution in [-0.2, 0) is 13.1 Å². The van der Waals surface area contributed by atoms with E-state index in [2.05, 4.69) is 21.5 Å². The lowest BCUT2D eigenvalue weighted by Crippen LogP contribution is -2.12.